The van der Waals surface area contributed by atoms with Crippen LogP contribution in [0.25, 0.3) is 0 Å². The Balaban J connectivity index is 2.96. The Hall–Kier alpha value is -2.15. The lowest BCUT2D eigenvalue weighted by molar-refractivity contribution is -0.419. The van der Waals surface area contributed by atoms with Crippen molar-refractivity contribution in [2.45, 2.75) is 6.54 Å². The molecule has 0 aliphatic carbocycles. The van der Waals surface area contributed by atoms with Crippen molar-refractivity contribution in [2.75, 3.05) is 14.1 Å². The third kappa shape index (κ3) is 3.92. The lowest BCUT2D eigenvalue weighted by Crippen LogP contribution is -2.29. The molecular weight excluding hydrogens is 272 g/mol. The van der Waals surface area contributed by atoms with Gasteiger partial charge in [0.1, 0.15) is 5.15 Å². The Morgan fingerprint density at radius 3 is 2.74 bits per heavy atom. The first-order chi connectivity index (χ1) is 8.99. The fraction of sp³-hybridized carbons (Fsp3) is 0.273. The van der Waals surface area contributed by atoms with Crippen molar-refractivity contribution < 1.29 is 9.72 Å². The van der Waals surface area contributed by atoms with Gasteiger partial charge in [0.2, 0.25) is 6.29 Å². The molecule has 0 saturated carbocycles. The maximum atomic E-state index is 10.8. The molecule has 0 fully saturated rings. The average Bonchev–Trinajstić information content (AvgIpc) is 2.37. The first kappa shape index (κ1) is 14.9. The van der Waals surface area contributed by atoms with Crippen LogP contribution >= 0.6 is 11.6 Å². The summed E-state index contributed by atoms with van der Waals surface area (Å²) in [5, 5.41) is 13.8. The van der Waals surface area contributed by atoms with Crippen LogP contribution in [0.1, 0.15) is 5.56 Å². The van der Waals surface area contributed by atoms with Gasteiger partial charge in [-0.25, -0.2) is 4.98 Å². The van der Waals surface area contributed by atoms with Crippen LogP contribution < -0.4 is 5.32 Å². The first-order valence-corrected chi connectivity index (χ1v) is 5.70. The van der Waals surface area contributed by atoms with Gasteiger partial charge in [-0.1, -0.05) is 17.7 Å². The average molecular weight is 285 g/mol. The van der Waals surface area contributed by atoms with Gasteiger partial charge in [-0.15, -0.1) is 0 Å². The molecule has 1 aromatic heterocycles. The minimum Gasteiger partial charge on any atom is -0.369 e. The van der Waals surface area contributed by atoms with E-state index in [1.807, 2.05) is 0 Å². The quantitative estimate of drug-likeness (QED) is 0.276. The number of hydrogen-bond acceptors (Lipinski definition) is 6. The summed E-state index contributed by atoms with van der Waals surface area (Å²) >= 11 is 5.67. The Labute approximate surface area is 115 Å². The predicted octanol–water partition coefficient (Wildman–Crippen LogP) is 1.03. The molecule has 1 rings (SSSR count). The van der Waals surface area contributed by atoms with Crippen LogP contribution in [0, 0.1) is 10.1 Å². The van der Waals surface area contributed by atoms with Crippen molar-refractivity contribution in [1.82, 2.24) is 15.2 Å². The monoisotopic (exact) mass is 284 g/mol. The van der Waals surface area contributed by atoms with Gasteiger partial charge in [0, 0.05) is 26.8 Å². The van der Waals surface area contributed by atoms with E-state index in [0.29, 0.717) is 11.7 Å². The van der Waals surface area contributed by atoms with E-state index in [9.17, 15) is 14.9 Å². The van der Waals surface area contributed by atoms with E-state index >= 15 is 0 Å². The van der Waals surface area contributed by atoms with Crippen molar-refractivity contribution in [1.29, 1.82) is 0 Å². The summed E-state index contributed by atoms with van der Waals surface area (Å²) in [7, 11) is 3.15. The molecule has 7 nitrogen and oxygen atoms in total. The summed E-state index contributed by atoms with van der Waals surface area (Å²) in [6, 6.07) is 3.38. The topological polar surface area (TPSA) is 88.4 Å². The molecule has 0 spiro atoms. The fourth-order valence-corrected chi connectivity index (χ4v) is 1.66. The zero-order valence-corrected chi connectivity index (χ0v) is 11.2. The Bertz CT molecular complexity index is 501. The highest BCUT2D eigenvalue weighted by molar-refractivity contribution is 6.29. The molecule has 1 heterocycles. The summed E-state index contributed by atoms with van der Waals surface area (Å²) in [6.07, 6.45) is 1.78. The molecule has 0 aromatic carbocycles. The second-order valence-electron chi connectivity index (χ2n) is 3.70. The van der Waals surface area contributed by atoms with Crippen molar-refractivity contribution >= 4 is 17.9 Å². The van der Waals surface area contributed by atoms with E-state index in [-0.39, 0.29) is 12.1 Å². The van der Waals surface area contributed by atoms with Gasteiger partial charge in [-0.3, -0.25) is 14.9 Å². The number of nitrogens with one attached hydrogen (secondary N) is 1. The third-order valence-corrected chi connectivity index (χ3v) is 2.60. The molecule has 102 valence electrons. The molecule has 0 aliphatic heterocycles. The molecule has 19 heavy (non-hydrogen) atoms. The van der Waals surface area contributed by atoms with E-state index in [0.717, 1.165) is 5.56 Å². The second-order valence-corrected chi connectivity index (χ2v) is 4.09. The van der Waals surface area contributed by atoms with Crippen LogP contribution in [-0.4, -0.2) is 35.2 Å². The predicted molar refractivity (Wildman–Crippen MR) is 69.9 cm³/mol. The van der Waals surface area contributed by atoms with E-state index in [2.05, 4.69) is 10.3 Å². The van der Waals surface area contributed by atoms with Crippen LogP contribution in [0.3, 0.4) is 0 Å². The Kier molecular flexibility index (Phi) is 5.25. The van der Waals surface area contributed by atoms with Crippen molar-refractivity contribution in [3.63, 3.8) is 0 Å². The van der Waals surface area contributed by atoms with Crippen molar-refractivity contribution in [3.05, 3.63) is 50.7 Å². The number of allylic oxidation sites excluding steroid dienone is 1. The number of pyridine rings is 1. The number of nitrogens with zero attached hydrogens (tertiary/aromatic N) is 3. The fourth-order valence-electron chi connectivity index (χ4n) is 1.55. The van der Waals surface area contributed by atoms with Gasteiger partial charge in [-0.2, -0.15) is 0 Å². The Morgan fingerprint density at radius 2 is 2.32 bits per heavy atom. The minimum absolute atomic E-state index is 0.134. The van der Waals surface area contributed by atoms with E-state index in [1.54, 1.807) is 30.3 Å². The number of carbonyl (C=O) groups is 1. The maximum Gasteiger partial charge on any atom is 0.348 e. The number of carbonyl (C=O) groups excluding carboxylic acids is 1. The van der Waals surface area contributed by atoms with Crippen LogP contribution in [0.5, 0.6) is 0 Å². The number of rotatable bonds is 6. The highest BCUT2D eigenvalue weighted by Crippen LogP contribution is 2.11. The summed E-state index contributed by atoms with van der Waals surface area (Å²) in [4.78, 5) is 26.2. The van der Waals surface area contributed by atoms with Gasteiger partial charge in [0.15, 0.2) is 5.82 Å². The number of aromatic nitrogens is 1. The first-order valence-electron chi connectivity index (χ1n) is 5.32. The molecule has 0 atom stereocenters. The number of aldehydes is 1. The lowest BCUT2D eigenvalue weighted by Gasteiger charge is -2.21. The highest BCUT2D eigenvalue weighted by atomic mass is 35.5. The molecule has 0 radical (unpaired) electrons. The summed E-state index contributed by atoms with van der Waals surface area (Å²) in [5.74, 6) is 0.134. The van der Waals surface area contributed by atoms with E-state index in [1.165, 1.54) is 7.05 Å². The van der Waals surface area contributed by atoms with Crippen molar-refractivity contribution in [3.8, 4) is 0 Å². The molecule has 0 bridgehead atoms. The summed E-state index contributed by atoms with van der Waals surface area (Å²) < 4.78 is 0. The third-order valence-electron chi connectivity index (χ3n) is 2.38. The molecule has 1 N–H and O–H groups in total. The highest BCUT2D eigenvalue weighted by Gasteiger charge is 2.20. The van der Waals surface area contributed by atoms with Gasteiger partial charge in [0.05, 0.1) is 4.92 Å². The SMILES string of the molecule is CN/C(=C(\C=O)[N+](=O)[O-])N(C)Cc1ccc(Cl)nc1. The number of nitro groups is 1. The normalized spacial score (nSPS) is 11.5. The van der Waals surface area contributed by atoms with Crippen LogP contribution in [0.15, 0.2) is 29.8 Å². The molecule has 0 aliphatic rings. The minimum atomic E-state index is -0.727. The molecular formula is C11H13ClN4O3. The van der Waals surface area contributed by atoms with E-state index in [4.69, 9.17) is 11.6 Å². The molecule has 0 amide bonds. The maximum absolute atomic E-state index is 10.8. The Morgan fingerprint density at radius 1 is 1.63 bits per heavy atom. The van der Waals surface area contributed by atoms with Gasteiger partial charge in [-0.05, 0) is 11.6 Å². The standard InChI is InChI=1S/C11H13ClN4O3/c1-13-11(9(7-17)16(18)19)15(2)6-8-3-4-10(12)14-5-8/h3-5,7,13H,6H2,1-2H3/b11-9-. The van der Waals surface area contributed by atoms with Crippen molar-refractivity contribution in [2.24, 2.45) is 0 Å². The lowest BCUT2D eigenvalue weighted by atomic mass is 10.2. The van der Waals surface area contributed by atoms with Gasteiger partial charge < -0.3 is 10.2 Å². The second kappa shape index (κ2) is 6.69. The van der Waals surface area contributed by atoms with Crippen LogP contribution in [0.4, 0.5) is 0 Å². The molecule has 1 aromatic rings. The molecule has 8 heteroatoms. The largest absolute Gasteiger partial charge is 0.369 e. The van der Waals surface area contributed by atoms with Crippen LogP contribution in [0.2, 0.25) is 5.15 Å². The summed E-state index contributed by atoms with van der Waals surface area (Å²) in [5.41, 5.74) is 0.292. The summed E-state index contributed by atoms with van der Waals surface area (Å²) in [6.45, 7) is 0.353. The van der Waals surface area contributed by atoms with E-state index < -0.39 is 10.6 Å². The van der Waals surface area contributed by atoms with Gasteiger partial charge >= 0.3 is 5.70 Å². The molecule has 0 saturated heterocycles. The zero-order valence-electron chi connectivity index (χ0n) is 10.5. The number of halogens is 1. The smallest absolute Gasteiger partial charge is 0.348 e. The zero-order chi connectivity index (χ0) is 14.4. The van der Waals surface area contributed by atoms with Gasteiger partial charge in [0.25, 0.3) is 0 Å². The number of hydrogen-bond donors (Lipinski definition) is 1. The molecule has 0 unspecified atom stereocenters. The van der Waals surface area contributed by atoms with Crippen LogP contribution in [-0.2, 0) is 11.3 Å².